The number of nitrogens with two attached hydrogens (primary N) is 1. The molecule has 6 heteroatoms. The molecule has 0 aliphatic carbocycles. The van der Waals surface area contributed by atoms with Gasteiger partial charge in [-0.25, -0.2) is 4.98 Å². The number of hydrogen-bond donors (Lipinski definition) is 1. The number of hydrogen-bond acceptors (Lipinski definition) is 3. The molecule has 21 heavy (non-hydrogen) atoms. The standard InChI is InChI=1S/C15H18ClN5/c1-4-12-13-14(20(3)19-12)21(15(17)18-13)9(2)10-7-5-6-8-11(10)16/h5-9H,4H2,1-3H3,(H2,17,18). The summed E-state index contributed by atoms with van der Waals surface area (Å²) in [6.45, 7) is 4.13. The summed E-state index contributed by atoms with van der Waals surface area (Å²) in [6, 6.07) is 7.78. The van der Waals surface area contributed by atoms with E-state index in [2.05, 4.69) is 23.9 Å². The van der Waals surface area contributed by atoms with Gasteiger partial charge in [0.25, 0.3) is 0 Å². The Bertz CT molecular complexity index is 802. The third kappa shape index (κ3) is 2.08. The second kappa shape index (κ2) is 5.07. The van der Waals surface area contributed by atoms with Crippen LogP contribution in [-0.2, 0) is 13.5 Å². The summed E-state index contributed by atoms with van der Waals surface area (Å²) < 4.78 is 3.83. The highest BCUT2D eigenvalue weighted by Crippen LogP contribution is 2.31. The molecule has 2 heterocycles. The zero-order valence-corrected chi connectivity index (χ0v) is 13.1. The van der Waals surface area contributed by atoms with Crippen molar-refractivity contribution in [1.29, 1.82) is 0 Å². The van der Waals surface area contributed by atoms with Crippen LogP contribution >= 0.6 is 11.6 Å². The van der Waals surface area contributed by atoms with Crippen molar-refractivity contribution in [2.75, 3.05) is 5.73 Å². The first kappa shape index (κ1) is 13.9. The van der Waals surface area contributed by atoms with Crippen molar-refractivity contribution in [3.63, 3.8) is 0 Å². The Labute approximate surface area is 128 Å². The van der Waals surface area contributed by atoms with Gasteiger partial charge >= 0.3 is 0 Å². The molecule has 3 rings (SSSR count). The lowest BCUT2D eigenvalue weighted by Crippen LogP contribution is -2.13. The molecular formula is C15H18ClN5. The fraction of sp³-hybridized carbons (Fsp3) is 0.333. The smallest absolute Gasteiger partial charge is 0.203 e. The number of rotatable bonds is 3. The first-order valence-corrected chi connectivity index (χ1v) is 7.36. The molecule has 110 valence electrons. The van der Waals surface area contributed by atoms with Gasteiger partial charge in [0.1, 0.15) is 5.52 Å². The quantitative estimate of drug-likeness (QED) is 0.808. The van der Waals surface area contributed by atoms with E-state index in [0.29, 0.717) is 5.95 Å². The van der Waals surface area contributed by atoms with Crippen molar-refractivity contribution in [3.8, 4) is 0 Å². The third-order valence-corrected chi connectivity index (χ3v) is 4.19. The highest BCUT2D eigenvalue weighted by molar-refractivity contribution is 6.31. The maximum Gasteiger partial charge on any atom is 0.203 e. The summed E-state index contributed by atoms with van der Waals surface area (Å²) in [5.74, 6) is 0.486. The summed E-state index contributed by atoms with van der Waals surface area (Å²) in [6.07, 6.45) is 0.828. The SMILES string of the molecule is CCc1nn(C)c2c1nc(N)n2C(C)c1ccccc1Cl. The van der Waals surface area contributed by atoms with Gasteiger partial charge in [0.15, 0.2) is 5.65 Å². The van der Waals surface area contributed by atoms with Crippen molar-refractivity contribution < 1.29 is 0 Å². The molecule has 2 N–H and O–H groups in total. The predicted molar refractivity (Wildman–Crippen MR) is 85.6 cm³/mol. The van der Waals surface area contributed by atoms with Crippen LogP contribution in [0.4, 0.5) is 5.95 Å². The number of benzene rings is 1. The number of aromatic nitrogens is 4. The van der Waals surface area contributed by atoms with Crippen molar-refractivity contribution in [3.05, 3.63) is 40.5 Å². The normalized spacial score (nSPS) is 13.0. The number of nitrogen functional groups attached to an aromatic ring is 1. The van der Waals surface area contributed by atoms with Gasteiger partial charge in [-0.3, -0.25) is 9.25 Å². The van der Waals surface area contributed by atoms with E-state index in [1.807, 2.05) is 40.6 Å². The van der Waals surface area contributed by atoms with Crippen LogP contribution in [0.1, 0.15) is 31.1 Å². The molecule has 2 aromatic heterocycles. The minimum absolute atomic E-state index is 0.0104. The van der Waals surface area contributed by atoms with E-state index in [9.17, 15) is 0 Å². The van der Waals surface area contributed by atoms with Crippen LogP contribution in [0.15, 0.2) is 24.3 Å². The van der Waals surface area contributed by atoms with Crippen molar-refractivity contribution in [2.45, 2.75) is 26.3 Å². The monoisotopic (exact) mass is 303 g/mol. The Hall–Kier alpha value is -2.01. The lowest BCUT2D eigenvalue weighted by molar-refractivity contribution is 0.635. The molecule has 0 saturated heterocycles. The molecule has 5 nitrogen and oxygen atoms in total. The van der Waals surface area contributed by atoms with E-state index in [4.69, 9.17) is 17.3 Å². The zero-order chi connectivity index (χ0) is 15.1. The minimum atomic E-state index is -0.0104. The molecule has 0 spiro atoms. The Morgan fingerprint density at radius 2 is 2.05 bits per heavy atom. The topological polar surface area (TPSA) is 61.7 Å². The largest absolute Gasteiger partial charge is 0.369 e. The van der Waals surface area contributed by atoms with E-state index < -0.39 is 0 Å². The molecule has 0 aliphatic heterocycles. The van der Waals surface area contributed by atoms with Crippen LogP contribution in [-0.4, -0.2) is 19.3 Å². The third-order valence-electron chi connectivity index (χ3n) is 3.84. The average Bonchev–Trinajstić information content (AvgIpc) is 2.95. The molecule has 0 fully saturated rings. The molecule has 3 aromatic rings. The maximum atomic E-state index is 6.31. The Morgan fingerprint density at radius 3 is 2.71 bits per heavy atom. The molecule has 1 unspecified atom stereocenters. The Kier molecular flexibility index (Phi) is 3.37. The minimum Gasteiger partial charge on any atom is -0.369 e. The molecule has 1 aromatic carbocycles. The van der Waals surface area contributed by atoms with Gasteiger partial charge in [-0.1, -0.05) is 36.7 Å². The molecule has 0 bridgehead atoms. The second-order valence-corrected chi connectivity index (χ2v) is 5.54. The van der Waals surface area contributed by atoms with Crippen LogP contribution in [0.25, 0.3) is 11.2 Å². The van der Waals surface area contributed by atoms with Gasteiger partial charge in [0.2, 0.25) is 5.95 Å². The zero-order valence-electron chi connectivity index (χ0n) is 12.3. The maximum absolute atomic E-state index is 6.31. The lowest BCUT2D eigenvalue weighted by Gasteiger charge is -2.17. The van der Waals surface area contributed by atoms with E-state index in [0.717, 1.165) is 33.9 Å². The predicted octanol–water partition coefficient (Wildman–Crippen LogP) is 3.18. The fourth-order valence-corrected chi connectivity index (χ4v) is 3.09. The molecule has 0 aliphatic rings. The van der Waals surface area contributed by atoms with E-state index >= 15 is 0 Å². The van der Waals surface area contributed by atoms with Crippen molar-refractivity contribution in [1.82, 2.24) is 19.3 Å². The summed E-state index contributed by atoms with van der Waals surface area (Å²) in [4.78, 5) is 4.50. The first-order valence-electron chi connectivity index (χ1n) is 6.98. The van der Waals surface area contributed by atoms with Gasteiger partial charge in [-0.15, -0.1) is 0 Å². The molecule has 1 atom stereocenters. The number of nitrogens with zero attached hydrogens (tertiary/aromatic N) is 4. The fourth-order valence-electron chi connectivity index (χ4n) is 2.79. The van der Waals surface area contributed by atoms with Gasteiger partial charge in [-0.2, -0.15) is 5.10 Å². The summed E-state index contributed by atoms with van der Waals surface area (Å²) in [5, 5.41) is 5.24. The summed E-state index contributed by atoms with van der Waals surface area (Å²) in [7, 11) is 1.92. The van der Waals surface area contributed by atoms with Gasteiger partial charge in [0, 0.05) is 12.1 Å². The van der Waals surface area contributed by atoms with Gasteiger partial charge in [0.05, 0.1) is 11.7 Å². The molecular weight excluding hydrogens is 286 g/mol. The van der Waals surface area contributed by atoms with Crippen molar-refractivity contribution >= 4 is 28.7 Å². The molecule has 0 radical (unpaired) electrons. The Morgan fingerprint density at radius 1 is 1.33 bits per heavy atom. The number of anilines is 1. The number of fused-ring (bicyclic) bond motifs is 1. The average molecular weight is 304 g/mol. The number of imidazole rings is 1. The Balaban J connectivity index is 2.23. The summed E-state index contributed by atoms with van der Waals surface area (Å²) in [5.41, 5.74) is 9.93. The van der Waals surface area contributed by atoms with Gasteiger partial charge < -0.3 is 5.73 Å². The van der Waals surface area contributed by atoms with E-state index in [1.165, 1.54) is 0 Å². The van der Waals surface area contributed by atoms with Crippen LogP contribution in [0, 0.1) is 0 Å². The van der Waals surface area contributed by atoms with Crippen LogP contribution < -0.4 is 5.73 Å². The van der Waals surface area contributed by atoms with Crippen molar-refractivity contribution in [2.24, 2.45) is 7.05 Å². The number of halogens is 1. The first-order chi connectivity index (χ1) is 10.0. The highest BCUT2D eigenvalue weighted by Gasteiger charge is 2.22. The van der Waals surface area contributed by atoms with E-state index in [1.54, 1.807) is 0 Å². The molecule has 0 saturated carbocycles. The number of aryl methyl sites for hydroxylation is 2. The molecule has 0 amide bonds. The highest BCUT2D eigenvalue weighted by atomic mass is 35.5. The van der Waals surface area contributed by atoms with Crippen LogP contribution in [0.2, 0.25) is 5.02 Å². The van der Waals surface area contributed by atoms with Crippen LogP contribution in [0.3, 0.4) is 0 Å². The summed E-state index contributed by atoms with van der Waals surface area (Å²) >= 11 is 6.31. The lowest BCUT2D eigenvalue weighted by atomic mass is 10.1. The second-order valence-electron chi connectivity index (χ2n) is 5.13. The van der Waals surface area contributed by atoms with Crippen LogP contribution in [0.5, 0.6) is 0 Å². The van der Waals surface area contributed by atoms with Gasteiger partial charge in [-0.05, 0) is 25.0 Å². The van der Waals surface area contributed by atoms with E-state index in [-0.39, 0.29) is 6.04 Å².